The number of nitrogens with zero attached hydrogens (tertiary/aromatic N) is 4. The SMILES string of the molecule is O=C(O)[C@@]12CCC[C@H]1CN(Cc1cn(-c3ccc(F)cc3Cl)nn1)C2. The predicted octanol–water partition coefficient (Wildman–Crippen LogP) is 2.75. The molecule has 0 amide bonds. The molecule has 0 radical (unpaired) electrons. The van der Waals surface area contributed by atoms with Gasteiger partial charge in [0.2, 0.25) is 0 Å². The van der Waals surface area contributed by atoms with Crippen molar-refractivity contribution in [1.29, 1.82) is 0 Å². The molecule has 2 fully saturated rings. The van der Waals surface area contributed by atoms with Gasteiger partial charge < -0.3 is 5.11 Å². The first-order valence-corrected chi connectivity index (χ1v) is 8.68. The van der Waals surface area contributed by atoms with Crippen molar-refractivity contribution in [2.45, 2.75) is 25.8 Å². The Hall–Kier alpha value is -1.99. The van der Waals surface area contributed by atoms with E-state index in [2.05, 4.69) is 15.2 Å². The van der Waals surface area contributed by atoms with E-state index in [0.29, 0.717) is 18.8 Å². The molecule has 0 unspecified atom stereocenters. The highest BCUT2D eigenvalue weighted by atomic mass is 35.5. The molecule has 6 nitrogen and oxygen atoms in total. The van der Waals surface area contributed by atoms with E-state index in [1.54, 1.807) is 12.3 Å². The molecular formula is C17H18ClFN4O2. The monoisotopic (exact) mass is 364 g/mol. The first-order chi connectivity index (χ1) is 12.0. The summed E-state index contributed by atoms with van der Waals surface area (Å²) < 4.78 is 14.7. The zero-order valence-corrected chi connectivity index (χ0v) is 14.3. The highest BCUT2D eigenvalue weighted by Crippen LogP contribution is 2.49. The highest BCUT2D eigenvalue weighted by molar-refractivity contribution is 6.32. The third-order valence-corrected chi connectivity index (χ3v) is 5.75. The maximum Gasteiger partial charge on any atom is 0.311 e. The van der Waals surface area contributed by atoms with Gasteiger partial charge in [-0.3, -0.25) is 9.69 Å². The molecule has 1 aromatic heterocycles. The molecule has 0 spiro atoms. The fraction of sp³-hybridized carbons (Fsp3) is 0.471. The number of halogens is 2. The maximum atomic E-state index is 13.2. The van der Waals surface area contributed by atoms with Gasteiger partial charge in [-0.2, -0.15) is 0 Å². The van der Waals surface area contributed by atoms with Gasteiger partial charge in [0.1, 0.15) is 5.82 Å². The number of benzene rings is 1. The average molecular weight is 365 g/mol. The van der Waals surface area contributed by atoms with Crippen molar-refractivity contribution in [2.24, 2.45) is 11.3 Å². The zero-order valence-electron chi connectivity index (χ0n) is 13.5. The van der Waals surface area contributed by atoms with Crippen molar-refractivity contribution >= 4 is 17.6 Å². The average Bonchev–Trinajstić information content (AvgIpc) is 3.22. The third kappa shape index (κ3) is 2.81. The lowest BCUT2D eigenvalue weighted by Gasteiger charge is -2.23. The minimum absolute atomic E-state index is 0.214. The van der Waals surface area contributed by atoms with Crippen LogP contribution in [0.3, 0.4) is 0 Å². The molecule has 2 aliphatic rings. The number of carboxylic acids is 1. The quantitative estimate of drug-likeness (QED) is 0.903. The predicted molar refractivity (Wildman–Crippen MR) is 89.0 cm³/mol. The molecule has 1 aromatic carbocycles. The third-order valence-electron chi connectivity index (χ3n) is 5.45. The molecule has 1 N–H and O–H groups in total. The van der Waals surface area contributed by atoms with Crippen LogP contribution in [0.2, 0.25) is 5.02 Å². The van der Waals surface area contributed by atoms with Gasteiger partial charge >= 0.3 is 5.97 Å². The van der Waals surface area contributed by atoms with E-state index in [1.807, 2.05) is 0 Å². The summed E-state index contributed by atoms with van der Waals surface area (Å²) in [6.07, 6.45) is 4.47. The van der Waals surface area contributed by atoms with E-state index in [-0.39, 0.29) is 10.9 Å². The molecule has 0 bridgehead atoms. The highest BCUT2D eigenvalue weighted by Gasteiger charge is 2.54. The van der Waals surface area contributed by atoms with Crippen molar-refractivity contribution in [2.75, 3.05) is 13.1 Å². The largest absolute Gasteiger partial charge is 0.481 e. The van der Waals surface area contributed by atoms with Gasteiger partial charge in [0.25, 0.3) is 0 Å². The van der Waals surface area contributed by atoms with Crippen LogP contribution in [0.5, 0.6) is 0 Å². The van der Waals surface area contributed by atoms with Crippen LogP contribution in [0.4, 0.5) is 4.39 Å². The van der Waals surface area contributed by atoms with Gasteiger partial charge in [-0.15, -0.1) is 5.10 Å². The molecule has 4 rings (SSSR count). The lowest BCUT2D eigenvalue weighted by atomic mass is 9.81. The van der Waals surface area contributed by atoms with Gasteiger partial charge in [-0.05, 0) is 37.0 Å². The Labute approximate surface area is 149 Å². The molecule has 1 saturated heterocycles. The number of fused-ring (bicyclic) bond motifs is 1. The number of hydrogen-bond acceptors (Lipinski definition) is 4. The fourth-order valence-corrected chi connectivity index (χ4v) is 4.50. The second-order valence-electron chi connectivity index (χ2n) is 6.97. The minimum atomic E-state index is -0.681. The van der Waals surface area contributed by atoms with Crippen LogP contribution in [0, 0.1) is 17.2 Å². The molecule has 1 aliphatic heterocycles. The molecule has 1 aliphatic carbocycles. The second-order valence-corrected chi connectivity index (χ2v) is 7.38. The van der Waals surface area contributed by atoms with E-state index in [0.717, 1.165) is 31.5 Å². The summed E-state index contributed by atoms with van der Waals surface area (Å²) in [5.41, 5.74) is 0.694. The van der Waals surface area contributed by atoms with Crippen molar-refractivity contribution < 1.29 is 14.3 Å². The summed E-state index contributed by atoms with van der Waals surface area (Å²) in [6, 6.07) is 4.10. The van der Waals surface area contributed by atoms with E-state index in [4.69, 9.17) is 11.6 Å². The van der Waals surface area contributed by atoms with Crippen molar-refractivity contribution in [1.82, 2.24) is 19.9 Å². The van der Waals surface area contributed by atoms with Crippen molar-refractivity contribution in [3.8, 4) is 5.69 Å². The second kappa shape index (κ2) is 6.07. The van der Waals surface area contributed by atoms with Gasteiger partial charge in [0, 0.05) is 19.6 Å². The van der Waals surface area contributed by atoms with E-state index < -0.39 is 17.2 Å². The number of aliphatic carboxylic acids is 1. The molecule has 132 valence electrons. The zero-order chi connectivity index (χ0) is 17.6. The number of hydrogen-bond donors (Lipinski definition) is 1. The fourth-order valence-electron chi connectivity index (χ4n) is 4.25. The van der Waals surface area contributed by atoms with Crippen LogP contribution in [0.1, 0.15) is 25.0 Å². The van der Waals surface area contributed by atoms with Crippen LogP contribution in [-0.4, -0.2) is 44.1 Å². The number of carboxylic acid groups (broad SMARTS) is 1. The van der Waals surface area contributed by atoms with E-state index >= 15 is 0 Å². The summed E-state index contributed by atoms with van der Waals surface area (Å²) in [5.74, 6) is -0.873. The Bertz CT molecular complexity index is 827. The molecule has 2 aromatic rings. The lowest BCUT2D eigenvalue weighted by molar-refractivity contribution is -0.149. The van der Waals surface area contributed by atoms with Crippen LogP contribution in [-0.2, 0) is 11.3 Å². The van der Waals surface area contributed by atoms with Gasteiger partial charge in [-0.25, -0.2) is 9.07 Å². The molecule has 25 heavy (non-hydrogen) atoms. The number of aromatic nitrogens is 3. The van der Waals surface area contributed by atoms with Crippen LogP contribution in [0.25, 0.3) is 5.69 Å². The lowest BCUT2D eigenvalue weighted by Crippen LogP contribution is -2.35. The van der Waals surface area contributed by atoms with E-state index in [1.165, 1.54) is 16.8 Å². The summed E-state index contributed by atoms with van der Waals surface area (Å²) in [7, 11) is 0. The summed E-state index contributed by atoms with van der Waals surface area (Å²) in [4.78, 5) is 13.9. The normalized spacial score (nSPS) is 26.1. The van der Waals surface area contributed by atoms with Crippen LogP contribution < -0.4 is 0 Å². The van der Waals surface area contributed by atoms with Crippen molar-refractivity contribution in [3.05, 3.63) is 40.9 Å². The Morgan fingerprint density at radius 3 is 3.04 bits per heavy atom. The number of likely N-dealkylation sites (tertiary alicyclic amines) is 1. The first kappa shape index (κ1) is 16.5. The Kier molecular flexibility index (Phi) is 4.00. The summed E-state index contributed by atoms with van der Waals surface area (Å²) in [6.45, 7) is 1.87. The molecule has 8 heteroatoms. The van der Waals surface area contributed by atoms with Gasteiger partial charge in [0.05, 0.1) is 28.0 Å². The standard InChI is InChI=1S/C17H18ClFN4O2/c18-14-6-12(19)3-4-15(14)23-9-13(20-21-23)8-22-7-11-2-1-5-17(11,10-22)16(24)25/h3-4,6,9,11H,1-2,5,7-8,10H2,(H,24,25)/t11-,17+/m0/s1. The topological polar surface area (TPSA) is 71.2 Å². The first-order valence-electron chi connectivity index (χ1n) is 8.30. The van der Waals surface area contributed by atoms with Crippen LogP contribution in [0.15, 0.2) is 24.4 Å². The summed E-state index contributed by atoms with van der Waals surface area (Å²) in [5, 5.41) is 18.1. The number of rotatable bonds is 4. The maximum absolute atomic E-state index is 13.2. The van der Waals surface area contributed by atoms with Crippen LogP contribution >= 0.6 is 11.6 Å². The Morgan fingerprint density at radius 2 is 2.32 bits per heavy atom. The van der Waals surface area contributed by atoms with Gasteiger partial charge in [-0.1, -0.05) is 23.2 Å². The number of carbonyl (C=O) groups is 1. The molecule has 2 heterocycles. The Morgan fingerprint density at radius 1 is 1.48 bits per heavy atom. The van der Waals surface area contributed by atoms with Gasteiger partial charge in [0.15, 0.2) is 0 Å². The minimum Gasteiger partial charge on any atom is -0.481 e. The smallest absolute Gasteiger partial charge is 0.311 e. The molecular weight excluding hydrogens is 347 g/mol. The molecule has 2 atom stereocenters. The summed E-state index contributed by atoms with van der Waals surface area (Å²) >= 11 is 6.06. The molecule has 1 saturated carbocycles. The van der Waals surface area contributed by atoms with Crippen molar-refractivity contribution in [3.63, 3.8) is 0 Å². The Balaban J connectivity index is 1.50. The van der Waals surface area contributed by atoms with E-state index in [9.17, 15) is 14.3 Å².